The molecule has 0 amide bonds. The SMILES string of the molecule is COc1ccc([C@@H]2O[C@H]3CCCC[C@H]3c3sc(C)cc32)cc1. The van der Waals surface area contributed by atoms with Crippen molar-refractivity contribution in [2.45, 2.75) is 50.7 Å². The molecule has 3 heteroatoms. The van der Waals surface area contributed by atoms with Crippen LogP contribution in [0.2, 0.25) is 0 Å². The van der Waals surface area contributed by atoms with Gasteiger partial charge in [0.1, 0.15) is 11.9 Å². The molecule has 0 unspecified atom stereocenters. The Kier molecular flexibility index (Phi) is 3.71. The van der Waals surface area contributed by atoms with E-state index in [0.717, 1.165) is 5.75 Å². The van der Waals surface area contributed by atoms with Gasteiger partial charge in [-0.25, -0.2) is 0 Å². The fourth-order valence-corrected chi connectivity index (χ4v) is 5.13. The third-order valence-corrected chi connectivity index (χ3v) is 6.16. The predicted molar refractivity (Wildman–Crippen MR) is 90.0 cm³/mol. The molecule has 0 radical (unpaired) electrons. The van der Waals surface area contributed by atoms with Crippen LogP contribution in [0, 0.1) is 6.92 Å². The molecule has 4 rings (SSSR count). The Balaban J connectivity index is 1.74. The normalized spacial score (nSPS) is 27.1. The van der Waals surface area contributed by atoms with Crippen LogP contribution in [0.4, 0.5) is 0 Å². The summed E-state index contributed by atoms with van der Waals surface area (Å²) in [7, 11) is 1.71. The maximum Gasteiger partial charge on any atom is 0.118 e. The highest BCUT2D eigenvalue weighted by Crippen LogP contribution is 2.49. The van der Waals surface area contributed by atoms with Crippen molar-refractivity contribution in [3.05, 3.63) is 51.2 Å². The van der Waals surface area contributed by atoms with Crippen LogP contribution in [0.5, 0.6) is 5.75 Å². The Morgan fingerprint density at radius 1 is 1.14 bits per heavy atom. The summed E-state index contributed by atoms with van der Waals surface area (Å²) in [4.78, 5) is 2.98. The second kappa shape index (κ2) is 5.71. The van der Waals surface area contributed by atoms with Gasteiger partial charge in [0.25, 0.3) is 0 Å². The molecule has 2 heterocycles. The standard InChI is InChI=1S/C19H22O2S/c1-12-11-16-18(13-7-9-14(20-2)10-8-13)21-17-6-4-3-5-15(17)19(16)22-12/h7-11,15,17-18H,3-6H2,1-2H3/t15-,17+,18+/m1/s1. The van der Waals surface area contributed by atoms with Gasteiger partial charge in [-0.05, 0) is 49.1 Å². The Morgan fingerprint density at radius 3 is 2.68 bits per heavy atom. The van der Waals surface area contributed by atoms with E-state index in [1.54, 1.807) is 12.0 Å². The van der Waals surface area contributed by atoms with Crippen molar-refractivity contribution in [3.8, 4) is 5.75 Å². The monoisotopic (exact) mass is 314 g/mol. The molecule has 1 aliphatic heterocycles. The number of ether oxygens (including phenoxy) is 2. The lowest BCUT2D eigenvalue weighted by Gasteiger charge is -2.39. The third-order valence-electron chi connectivity index (χ3n) is 4.97. The molecule has 2 aromatic rings. The largest absolute Gasteiger partial charge is 0.497 e. The van der Waals surface area contributed by atoms with Crippen molar-refractivity contribution >= 4 is 11.3 Å². The highest BCUT2D eigenvalue weighted by molar-refractivity contribution is 7.12. The first kappa shape index (κ1) is 14.3. The van der Waals surface area contributed by atoms with E-state index in [1.807, 2.05) is 23.5 Å². The first-order valence-corrected chi connectivity index (χ1v) is 8.97. The molecule has 22 heavy (non-hydrogen) atoms. The summed E-state index contributed by atoms with van der Waals surface area (Å²) >= 11 is 1.98. The minimum absolute atomic E-state index is 0.0882. The number of methoxy groups -OCH3 is 1. The molecule has 1 fully saturated rings. The highest BCUT2D eigenvalue weighted by Gasteiger charge is 2.39. The Morgan fingerprint density at radius 2 is 1.91 bits per heavy atom. The van der Waals surface area contributed by atoms with E-state index in [2.05, 4.69) is 25.1 Å². The van der Waals surface area contributed by atoms with E-state index in [9.17, 15) is 0 Å². The lowest BCUT2D eigenvalue weighted by molar-refractivity contribution is -0.0374. The Labute approximate surface area is 136 Å². The second-order valence-electron chi connectivity index (χ2n) is 6.40. The van der Waals surface area contributed by atoms with Gasteiger partial charge in [0.15, 0.2) is 0 Å². The molecular formula is C19H22O2S. The minimum Gasteiger partial charge on any atom is -0.497 e. The number of fused-ring (bicyclic) bond motifs is 3. The summed E-state index contributed by atoms with van der Waals surface area (Å²) < 4.78 is 11.8. The smallest absolute Gasteiger partial charge is 0.118 e. The summed E-state index contributed by atoms with van der Waals surface area (Å²) in [6.07, 6.45) is 5.61. The van der Waals surface area contributed by atoms with E-state index < -0.39 is 0 Å². The van der Waals surface area contributed by atoms with Gasteiger partial charge in [0.05, 0.1) is 13.2 Å². The number of hydrogen-bond acceptors (Lipinski definition) is 3. The molecule has 116 valence electrons. The number of rotatable bonds is 2. The summed E-state index contributed by atoms with van der Waals surface area (Å²) in [5.41, 5.74) is 2.64. The first-order valence-electron chi connectivity index (χ1n) is 8.16. The fraction of sp³-hybridized carbons (Fsp3) is 0.474. The Bertz CT molecular complexity index is 659. The maximum absolute atomic E-state index is 6.56. The van der Waals surface area contributed by atoms with Gasteiger partial charge in [0, 0.05) is 15.7 Å². The molecule has 2 nitrogen and oxygen atoms in total. The van der Waals surface area contributed by atoms with Crippen LogP contribution in [0.1, 0.15) is 58.6 Å². The van der Waals surface area contributed by atoms with Crippen LogP contribution < -0.4 is 4.74 Å². The highest BCUT2D eigenvalue weighted by atomic mass is 32.1. The molecule has 0 N–H and O–H groups in total. The quantitative estimate of drug-likeness (QED) is 0.757. The lowest BCUT2D eigenvalue weighted by atomic mass is 9.80. The minimum atomic E-state index is 0.0882. The molecule has 0 saturated heterocycles. The van der Waals surface area contributed by atoms with Crippen LogP contribution in [0.15, 0.2) is 30.3 Å². The van der Waals surface area contributed by atoms with Crippen LogP contribution >= 0.6 is 11.3 Å². The van der Waals surface area contributed by atoms with Gasteiger partial charge in [-0.2, -0.15) is 0 Å². The third kappa shape index (κ3) is 2.37. The Hall–Kier alpha value is -1.32. The van der Waals surface area contributed by atoms with Crippen molar-refractivity contribution < 1.29 is 9.47 Å². The number of thiophene rings is 1. The zero-order chi connectivity index (χ0) is 15.1. The van der Waals surface area contributed by atoms with E-state index in [-0.39, 0.29) is 6.10 Å². The van der Waals surface area contributed by atoms with Crippen molar-refractivity contribution in [1.82, 2.24) is 0 Å². The van der Waals surface area contributed by atoms with Gasteiger partial charge in [-0.3, -0.25) is 0 Å². The second-order valence-corrected chi connectivity index (χ2v) is 7.68. The summed E-state index contributed by atoms with van der Waals surface area (Å²) in [5.74, 6) is 1.52. The molecular weight excluding hydrogens is 292 g/mol. The molecule has 1 saturated carbocycles. The van der Waals surface area contributed by atoms with Crippen LogP contribution in [0.25, 0.3) is 0 Å². The topological polar surface area (TPSA) is 18.5 Å². The average Bonchev–Trinajstić information content (AvgIpc) is 2.96. The predicted octanol–water partition coefficient (Wildman–Crippen LogP) is 5.21. The van der Waals surface area contributed by atoms with Gasteiger partial charge in [-0.15, -0.1) is 11.3 Å². The van der Waals surface area contributed by atoms with Gasteiger partial charge in [0.2, 0.25) is 0 Å². The molecule has 1 aliphatic carbocycles. The van der Waals surface area contributed by atoms with Crippen LogP contribution in [-0.2, 0) is 4.74 Å². The van der Waals surface area contributed by atoms with Crippen LogP contribution in [-0.4, -0.2) is 13.2 Å². The van der Waals surface area contributed by atoms with E-state index in [4.69, 9.17) is 9.47 Å². The van der Waals surface area contributed by atoms with Crippen molar-refractivity contribution in [1.29, 1.82) is 0 Å². The van der Waals surface area contributed by atoms with Crippen molar-refractivity contribution in [2.75, 3.05) is 7.11 Å². The maximum atomic E-state index is 6.56. The first-order chi connectivity index (χ1) is 10.8. The van der Waals surface area contributed by atoms with E-state index >= 15 is 0 Å². The summed E-state index contributed by atoms with van der Waals surface area (Å²) in [5, 5.41) is 0. The number of aryl methyl sites for hydroxylation is 1. The fourth-order valence-electron chi connectivity index (χ4n) is 3.89. The zero-order valence-corrected chi connectivity index (χ0v) is 14.0. The van der Waals surface area contributed by atoms with Crippen molar-refractivity contribution in [2.24, 2.45) is 0 Å². The van der Waals surface area contributed by atoms with Gasteiger partial charge in [-0.1, -0.05) is 25.0 Å². The summed E-state index contributed by atoms with van der Waals surface area (Å²) in [6.45, 7) is 2.21. The molecule has 1 aromatic carbocycles. The van der Waals surface area contributed by atoms with Gasteiger partial charge < -0.3 is 9.47 Å². The van der Waals surface area contributed by atoms with Crippen molar-refractivity contribution in [3.63, 3.8) is 0 Å². The van der Waals surface area contributed by atoms with Gasteiger partial charge >= 0.3 is 0 Å². The van der Waals surface area contributed by atoms with E-state index in [0.29, 0.717) is 12.0 Å². The lowest BCUT2D eigenvalue weighted by Crippen LogP contribution is -2.32. The number of hydrogen-bond donors (Lipinski definition) is 0. The zero-order valence-electron chi connectivity index (χ0n) is 13.2. The van der Waals surface area contributed by atoms with Crippen LogP contribution in [0.3, 0.4) is 0 Å². The molecule has 0 bridgehead atoms. The molecule has 0 spiro atoms. The average molecular weight is 314 g/mol. The summed E-state index contributed by atoms with van der Waals surface area (Å²) in [6, 6.07) is 10.7. The molecule has 1 aromatic heterocycles. The molecule has 2 aliphatic rings. The number of benzene rings is 1. The van der Waals surface area contributed by atoms with E-state index in [1.165, 1.54) is 41.7 Å². The molecule has 3 atom stereocenters.